The number of esters is 1. The summed E-state index contributed by atoms with van der Waals surface area (Å²) in [5.41, 5.74) is 0.609. The monoisotopic (exact) mass is 567 g/mol. The van der Waals surface area contributed by atoms with Crippen LogP contribution in [0.1, 0.15) is 59.1 Å². The Balaban J connectivity index is 2.24. The second-order valence-corrected chi connectivity index (χ2v) is 11.6. The molecule has 0 heterocycles. The molecule has 0 aliphatic heterocycles. The molecule has 9 nitrogen and oxygen atoms in total. The minimum atomic E-state index is -1.13. The second kappa shape index (κ2) is 15.8. The van der Waals surface area contributed by atoms with E-state index in [2.05, 4.69) is 16.0 Å². The van der Waals surface area contributed by atoms with E-state index in [1.165, 1.54) is 7.11 Å². The fourth-order valence-electron chi connectivity index (χ4n) is 4.35. The van der Waals surface area contributed by atoms with Gasteiger partial charge in [-0.05, 0) is 49.7 Å². The Kier molecular flexibility index (Phi) is 12.8. The molecular weight excluding hydrogens is 522 g/mol. The maximum atomic E-state index is 13.6. The summed E-state index contributed by atoms with van der Waals surface area (Å²) in [6.07, 6.45) is 0.0479. The number of carbonyl (C=O) groups is 4. The molecular formula is C32H45N3O6. The molecule has 0 aromatic heterocycles. The van der Waals surface area contributed by atoms with Crippen LogP contribution in [0.15, 0.2) is 60.7 Å². The van der Waals surface area contributed by atoms with Gasteiger partial charge in [-0.25, -0.2) is 9.59 Å². The van der Waals surface area contributed by atoms with Gasteiger partial charge in [0.15, 0.2) is 0 Å². The number of hydrogen-bond acceptors (Lipinski definition) is 6. The fraction of sp³-hybridized carbons (Fsp3) is 0.500. The van der Waals surface area contributed by atoms with E-state index in [9.17, 15) is 19.2 Å². The number of amides is 3. The van der Waals surface area contributed by atoms with Gasteiger partial charge in [-0.15, -0.1) is 0 Å². The molecule has 3 amide bonds. The quantitative estimate of drug-likeness (QED) is 0.291. The molecule has 0 saturated heterocycles. The lowest BCUT2D eigenvalue weighted by atomic mass is 9.79. The topological polar surface area (TPSA) is 123 Å². The first-order chi connectivity index (χ1) is 19.3. The van der Waals surface area contributed by atoms with Crippen LogP contribution >= 0.6 is 0 Å². The first kappa shape index (κ1) is 33.3. The SMILES string of the molecule is COC(=O)[C@H](CC(C)C)NC(=O)C(C)(C)C(Cc1ccccc1)NC(=O)[C@@H](NC(=O)OCc1ccccc1)C(C)C. The van der Waals surface area contributed by atoms with Crippen LogP contribution < -0.4 is 16.0 Å². The van der Waals surface area contributed by atoms with E-state index in [0.717, 1.165) is 11.1 Å². The molecule has 0 radical (unpaired) electrons. The summed E-state index contributed by atoms with van der Waals surface area (Å²) in [6.45, 7) is 11.1. The highest BCUT2D eigenvalue weighted by Crippen LogP contribution is 2.26. The highest BCUT2D eigenvalue weighted by molar-refractivity contribution is 5.90. The van der Waals surface area contributed by atoms with E-state index >= 15 is 0 Å². The average molecular weight is 568 g/mol. The standard InChI is InChI=1S/C32H45N3O6/c1-21(2)18-25(29(37)40-7)33-30(38)32(5,6)26(19-23-14-10-8-11-15-23)34-28(36)27(22(3)4)35-31(39)41-20-24-16-12-9-13-17-24/h8-17,21-22,25-27H,18-20H2,1-7H3,(H,33,38)(H,34,36)(H,35,39)/t25-,26?,27-/m0/s1. The molecule has 224 valence electrons. The highest BCUT2D eigenvalue weighted by atomic mass is 16.5. The van der Waals surface area contributed by atoms with Crippen LogP contribution in [-0.4, -0.2) is 49.1 Å². The van der Waals surface area contributed by atoms with Crippen molar-refractivity contribution in [3.63, 3.8) is 0 Å². The van der Waals surface area contributed by atoms with Crippen LogP contribution in [0.5, 0.6) is 0 Å². The molecule has 2 rings (SSSR count). The van der Waals surface area contributed by atoms with Gasteiger partial charge in [0, 0.05) is 6.04 Å². The predicted molar refractivity (Wildman–Crippen MR) is 158 cm³/mol. The smallest absolute Gasteiger partial charge is 0.408 e. The van der Waals surface area contributed by atoms with Crippen LogP contribution in [0.2, 0.25) is 0 Å². The van der Waals surface area contributed by atoms with Crippen molar-refractivity contribution in [3.05, 3.63) is 71.8 Å². The minimum Gasteiger partial charge on any atom is -0.467 e. The van der Waals surface area contributed by atoms with Gasteiger partial charge in [0.1, 0.15) is 18.7 Å². The number of nitrogens with one attached hydrogen (secondary N) is 3. The molecule has 9 heteroatoms. The number of hydrogen-bond donors (Lipinski definition) is 3. The summed E-state index contributed by atoms with van der Waals surface area (Å²) >= 11 is 0. The number of rotatable bonds is 14. The second-order valence-electron chi connectivity index (χ2n) is 11.6. The lowest BCUT2D eigenvalue weighted by Gasteiger charge is -2.36. The molecule has 0 fully saturated rings. The maximum Gasteiger partial charge on any atom is 0.408 e. The van der Waals surface area contributed by atoms with Gasteiger partial charge in [0.25, 0.3) is 0 Å². The molecule has 41 heavy (non-hydrogen) atoms. The van der Waals surface area contributed by atoms with Gasteiger partial charge < -0.3 is 25.4 Å². The van der Waals surface area contributed by atoms with Crippen molar-refractivity contribution in [2.24, 2.45) is 17.3 Å². The third-order valence-corrected chi connectivity index (χ3v) is 6.99. The molecule has 0 saturated carbocycles. The zero-order chi connectivity index (χ0) is 30.6. The zero-order valence-electron chi connectivity index (χ0n) is 25.2. The van der Waals surface area contributed by atoms with E-state index in [0.29, 0.717) is 12.8 Å². The van der Waals surface area contributed by atoms with Crippen molar-refractivity contribution < 1.29 is 28.7 Å². The average Bonchev–Trinajstić information content (AvgIpc) is 2.94. The Labute approximate surface area is 243 Å². The summed E-state index contributed by atoms with van der Waals surface area (Å²) in [6, 6.07) is 16.4. The van der Waals surface area contributed by atoms with Crippen LogP contribution in [0, 0.1) is 17.3 Å². The van der Waals surface area contributed by atoms with Crippen LogP contribution in [0.4, 0.5) is 4.79 Å². The summed E-state index contributed by atoms with van der Waals surface area (Å²) in [7, 11) is 1.29. The first-order valence-electron chi connectivity index (χ1n) is 14.0. The van der Waals surface area contributed by atoms with Crippen molar-refractivity contribution >= 4 is 23.9 Å². The van der Waals surface area contributed by atoms with Gasteiger partial charge in [0.05, 0.1) is 12.5 Å². The molecule has 0 aliphatic rings. The lowest BCUT2D eigenvalue weighted by Crippen LogP contribution is -2.59. The molecule has 3 N–H and O–H groups in total. The van der Waals surface area contributed by atoms with Crippen molar-refractivity contribution in [3.8, 4) is 0 Å². The molecule has 2 aromatic carbocycles. The molecule has 1 unspecified atom stereocenters. The Morgan fingerprint density at radius 1 is 0.805 bits per heavy atom. The van der Waals surface area contributed by atoms with E-state index in [1.807, 2.05) is 88.4 Å². The zero-order valence-corrected chi connectivity index (χ0v) is 25.2. The first-order valence-corrected chi connectivity index (χ1v) is 14.0. The van der Waals surface area contributed by atoms with E-state index in [4.69, 9.17) is 9.47 Å². The number of methoxy groups -OCH3 is 1. The number of benzene rings is 2. The highest BCUT2D eigenvalue weighted by Gasteiger charge is 2.41. The maximum absolute atomic E-state index is 13.6. The Morgan fingerprint density at radius 3 is 1.88 bits per heavy atom. The van der Waals surface area contributed by atoms with Crippen LogP contribution in [0.3, 0.4) is 0 Å². The van der Waals surface area contributed by atoms with E-state index < -0.39 is 47.4 Å². The van der Waals surface area contributed by atoms with E-state index in [1.54, 1.807) is 13.8 Å². The van der Waals surface area contributed by atoms with Gasteiger partial charge in [-0.3, -0.25) is 9.59 Å². The number of carbonyl (C=O) groups excluding carboxylic acids is 4. The molecule has 3 atom stereocenters. The molecule has 0 bridgehead atoms. The summed E-state index contributed by atoms with van der Waals surface area (Å²) in [5.74, 6) is -1.48. The van der Waals surface area contributed by atoms with Gasteiger partial charge in [-0.1, -0.05) is 88.4 Å². The number of alkyl carbamates (subject to hydrolysis) is 1. The Morgan fingerprint density at radius 2 is 1.37 bits per heavy atom. The van der Waals surface area contributed by atoms with Gasteiger partial charge >= 0.3 is 12.1 Å². The lowest BCUT2D eigenvalue weighted by molar-refractivity contribution is -0.147. The summed E-state index contributed by atoms with van der Waals surface area (Å²) < 4.78 is 10.3. The summed E-state index contributed by atoms with van der Waals surface area (Å²) in [5, 5.41) is 8.54. The summed E-state index contributed by atoms with van der Waals surface area (Å²) in [4.78, 5) is 52.2. The third-order valence-electron chi connectivity index (χ3n) is 6.99. The van der Waals surface area contributed by atoms with Crippen LogP contribution in [-0.2, 0) is 36.9 Å². The van der Waals surface area contributed by atoms with Gasteiger partial charge in [0.2, 0.25) is 11.8 Å². The number of ether oxygens (including phenoxy) is 2. The van der Waals surface area contributed by atoms with Crippen molar-refractivity contribution in [1.82, 2.24) is 16.0 Å². The Bertz CT molecular complexity index is 1130. The largest absolute Gasteiger partial charge is 0.467 e. The van der Waals surface area contributed by atoms with Crippen molar-refractivity contribution in [1.29, 1.82) is 0 Å². The minimum absolute atomic E-state index is 0.0701. The molecule has 2 aromatic rings. The van der Waals surface area contributed by atoms with Gasteiger partial charge in [-0.2, -0.15) is 0 Å². The van der Waals surface area contributed by atoms with E-state index in [-0.39, 0.29) is 18.4 Å². The fourth-order valence-corrected chi connectivity index (χ4v) is 4.35. The van der Waals surface area contributed by atoms with Crippen molar-refractivity contribution in [2.45, 2.75) is 79.1 Å². The predicted octanol–water partition coefficient (Wildman–Crippen LogP) is 4.40. The van der Waals surface area contributed by atoms with Crippen LogP contribution in [0.25, 0.3) is 0 Å². The van der Waals surface area contributed by atoms with Crippen molar-refractivity contribution in [2.75, 3.05) is 7.11 Å². The normalized spacial score (nSPS) is 13.6. The third kappa shape index (κ3) is 10.6. The molecule has 0 aliphatic carbocycles. The Hall–Kier alpha value is -3.88. The molecule has 0 spiro atoms.